The van der Waals surface area contributed by atoms with Gasteiger partial charge in [0.1, 0.15) is 11.6 Å². The molecule has 17 heavy (non-hydrogen) atoms. The van der Waals surface area contributed by atoms with Crippen molar-refractivity contribution in [3.8, 4) is 0 Å². The van der Waals surface area contributed by atoms with Gasteiger partial charge in [0, 0.05) is 12.2 Å². The highest BCUT2D eigenvalue weighted by molar-refractivity contribution is 5.69. The SMILES string of the molecule is CCN(c1ccc(C)cc1)c1nc(C)[nH]c1N. The summed E-state index contributed by atoms with van der Waals surface area (Å²) in [6.07, 6.45) is 0. The predicted octanol–water partition coefficient (Wildman–Crippen LogP) is 2.77. The zero-order valence-corrected chi connectivity index (χ0v) is 10.5. The quantitative estimate of drug-likeness (QED) is 0.852. The Bertz CT molecular complexity index is 499. The van der Waals surface area contributed by atoms with Crippen LogP contribution in [0.3, 0.4) is 0 Å². The van der Waals surface area contributed by atoms with Crippen molar-refractivity contribution in [2.24, 2.45) is 0 Å². The van der Waals surface area contributed by atoms with E-state index < -0.39 is 0 Å². The van der Waals surface area contributed by atoms with Crippen molar-refractivity contribution in [2.75, 3.05) is 17.2 Å². The number of aromatic amines is 1. The molecule has 3 N–H and O–H groups in total. The van der Waals surface area contributed by atoms with Gasteiger partial charge in [-0.15, -0.1) is 0 Å². The summed E-state index contributed by atoms with van der Waals surface area (Å²) >= 11 is 0. The summed E-state index contributed by atoms with van der Waals surface area (Å²) in [6.45, 7) is 6.90. The third-order valence-corrected chi connectivity index (χ3v) is 2.75. The third-order valence-electron chi connectivity index (χ3n) is 2.75. The number of imidazole rings is 1. The minimum absolute atomic E-state index is 0.616. The number of nitrogen functional groups attached to an aromatic ring is 1. The standard InChI is InChI=1S/C13H18N4/c1-4-17(11-7-5-9(2)6-8-11)13-12(14)15-10(3)16-13/h5-8H,4,14H2,1-3H3,(H,15,16). The second kappa shape index (κ2) is 4.49. The Hall–Kier alpha value is -1.97. The molecule has 1 aromatic carbocycles. The number of anilines is 3. The Morgan fingerprint density at radius 2 is 1.88 bits per heavy atom. The van der Waals surface area contributed by atoms with Gasteiger partial charge in [-0.1, -0.05) is 17.7 Å². The first kappa shape index (κ1) is 11.5. The normalized spacial score (nSPS) is 10.5. The molecule has 0 aliphatic rings. The number of aromatic nitrogens is 2. The van der Waals surface area contributed by atoms with E-state index in [4.69, 9.17) is 5.73 Å². The Morgan fingerprint density at radius 3 is 2.35 bits per heavy atom. The molecule has 0 atom stereocenters. The fraction of sp³-hybridized carbons (Fsp3) is 0.308. The van der Waals surface area contributed by atoms with Crippen molar-refractivity contribution >= 4 is 17.3 Å². The van der Waals surface area contributed by atoms with Gasteiger partial charge in [-0.25, -0.2) is 4.98 Å². The number of H-pyrrole nitrogens is 1. The molecule has 1 heterocycles. The van der Waals surface area contributed by atoms with Gasteiger partial charge in [0.2, 0.25) is 0 Å². The number of hydrogen-bond donors (Lipinski definition) is 2. The summed E-state index contributed by atoms with van der Waals surface area (Å²) in [6, 6.07) is 8.35. The molecular formula is C13H18N4. The number of aryl methyl sites for hydroxylation is 2. The summed E-state index contributed by atoms with van der Waals surface area (Å²) < 4.78 is 0. The van der Waals surface area contributed by atoms with Gasteiger partial charge < -0.3 is 15.6 Å². The van der Waals surface area contributed by atoms with E-state index in [0.717, 1.165) is 23.9 Å². The minimum atomic E-state index is 0.616. The number of benzene rings is 1. The van der Waals surface area contributed by atoms with Crippen molar-refractivity contribution in [1.82, 2.24) is 9.97 Å². The first-order valence-electron chi connectivity index (χ1n) is 5.78. The van der Waals surface area contributed by atoms with Crippen LogP contribution in [0.2, 0.25) is 0 Å². The molecule has 0 bridgehead atoms. The van der Waals surface area contributed by atoms with Crippen LogP contribution in [0.25, 0.3) is 0 Å². The average molecular weight is 230 g/mol. The van der Waals surface area contributed by atoms with Gasteiger partial charge >= 0.3 is 0 Å². The summed E-state index contributed by atoms with van der Waals surface area (Å²) in [5.41, 5.74) is 8.28. The van der Waals surface area contributed by atoms with E-state index in [0.29, 0.717) is 5.82 Å². The first-order chi connectivity index (χ1) is 8.11. The number of nitrogens with two attached hydrogens (primary N) is 1. The average Bonchev–Trinajstić information content (AvgIpc) is 2.62. The molecule has 0 aliphatic heterocycles. The molecule has 0 saturated carbocycles. The van der Waals surface area contributed by atoms with Gasteiger partial charge in [-0.05, 0) is 32.9 Å². The molecule has 4 heteroatoms. The van der Waals surface area contributed by atoms with E-state index in [2.05, 4.69) is 53.0 Å². The third kappa shape index (κ3) is 2.25. The molecule has 4 nitrogen and oxygen atoms in total. The van der Waals surface area contributed by atoms with Crippen LogP contribution < -0.4 is 10.6 Å². The maximum absolute atomic E-state index is 5.93. The summed E-state index contributed by atoms with van der Waals surface area (Å²) in [7, 11) is 0. The molecule has 0 aliphatic carbocycles. The highest BCUT2D eigenvalue weighted by Gasteiger charge is 2.14. The van der Waals surface area contributed by atoms with Gasteiger partial charge in [0.25, 0.3) is 0 Å². The maximum Gasteiger partial charge on any atom is 0.175 e. The molecule has 2 aromatic rings. The number of nitrogens with one attached hydrogen (secondary N) is 1. The molecule has 0 saturated heterocycles. The smallest absolute Gasteiger partial charge is 0.175 e. The van der Waals surface area contributed by atoms with Crippen molar-refractivity contribution in [2.45, 2.75) is 20.8 Å². The number of hydrogen-bond acceptors (Lipinski definition) is 3. The largest absolute Gasteiger partial charge is 0.382 e. The van der Waals surface area contributed by atoms with Gasteiger partial charge in [-0.2, -0.15) is 0 Å². The van der Waals surface area contributed by atoms with Crippen LogP contribution in [0.4, 0.5) is 17.3 Å². The monoisotopic (exact) mass is 230 g/mol. The minimum Gasteiger partial charge on any atom is -0.382 e. The topological polar surface area (TPSA) is 57.9 Å². The Kier molecular flexibility index (Phi) is 3.04. The van der Waals surface area contributed by atoms with Crippen LogP contribution in [0.15, 0.2) is 24.3 Å². The Labute approximate surface area is 101 Å². The Morgan fingerprint density at radius 1 is 1.24 bits per heavy atom. The van der Waals surface area contributed by atoms with Crippen LogP contribution in [0.1, 0.15) is 18.3 Å². The van der Waals surface area contributed by atoms with Crippen molar-refractivity contribution < 1.29 is 0 Å². The first-order valence-corrected chi connectivity index (χ1v) is 5.78. The zero-order valence-electron chi connectivity index (χ0n) is 10.5. The molecule has 90 valence electrons. The molecule has 0 unspecified atom stereocenters. The predicted molar refractivity (Wildman–Crippen MR) is 71.6 cm³/mol. The molecular weight excluding hydrogens is 212 g/mol. The van der Waals surface area contributed by atoms with E-state index in [9.17, 15) is 0 Å². The van der Waals surface area contributed by atoms with Crippen molar-refractivity contribution in [1.29, 1.82) is 0 Å². The molecule has 2 rings (SSSR count). The zero-order chi connectivity index (χ0) is 12.4. The van der Waals surface area contributed by atoms with Crippen LogP contribution in [0, 0.1) is 13.8 Å². The number of rotatable bonds is 3. The fourth-order valence-corrected chi connectivity index (χ4v) is 1.88. The highest BCUT2D eigenvalue weighted by Crippen LogP contribution is 2.28. The van der Waals surface area contributed by atoms with E-state index in [1.807, 2.05) is 6.92 Å². The molecule has 1 aromatic heterocycles. The summed E-state index contributed by atoms with van der Waals surface area (Å²) in [5.74, 6) is 2.25. The van der Waals surface area contributed by atoms with Crippen LogP contribution in [-0.4, -0.2) is 16.5 Å². The highest BCUT2D eigenvalue weighted by atomic mass is 15.2. The molecule has 0 fully saturated rings. The lowest BCUT2D eigenvalue weighted by Crippen LogP contribution is -2.17. The van der Waals surface area contributed by atoms with Crippen LogP contribution in [0.5, 0.6) is 0 Å². The maximum atomic E-state index is 5.93. The second-order valence-electron chi connectivity index (χ2n) is 4.14. The van der Waals surface area contributed by atoms with E-state index in [1.54, 1.807) is 0 Å². The lowest BCUT2D eigenvalue weighted by Gasteiger charge is -2.21. The Balaban J connectivity index is 2.39. The fourth-order valence-electron chi connectivity index (χ4n) is 1.88. The van der Waals surface area contributed by atoms with E-state index in [-0.39, 0.29) is 0 Å². The van der Waals surface area contributed by atoms with Gasteiger partial charge in [0.15, 0.2) is 5.82 Å². The van der Waals surface area contributed by atoms with Gasteiger partial charge in [-0.3, -0.25) is 0 Å². The summed E-state index contributed by atoms with van der Waals surface area (Å²) in [4.78, 5) is 9.55. The van der Waals surface area contributed by atoms with E-state index in [1.165, 1.54) is 5.56 Å². The van der Waals surface area contributed by atoms with Crippen LogP contribution >= 0.6 is 0 Å². The molecule has 0 spiro atoms. The number of nitrogens with zero attached hydrogens (tertiary/aromatic N) is 2. The van der Waals surface area contributed by atoms with Gasteiger partial charge in [0.05, 0.1) is 0 Å². The lowest BCUT2D eigenvalue weighted by molar-refractivity contribution is 0.993. The van der Waals surface area contributed by atoms with Crippen LogP contribution in [-0.2, 0) is 0 Å². The molecule has 0 radical (unpaired) electrons. The van der Waals surface area contributed by atoms with Crippen molar-refractivity contribution in [3.63, 3.8) is 0 Å². The lowest BCUT2D eigenvalue weighted by atomic mass is 10.2. The van der Waals surface area contributed by atoms with E-state index >= 15 is 0 Å². The second-order valence-corrected chi connectivity index (χ2v) is 4.14. The van der Waals surface area contributed by atoms with Crippen molar-refractivity contribution in [3.05, 3.63) is 35.7 Å². The summed E-state index contributed by atoms with van der Waals surface area (Å²) in [5, 5.41) is 0. The molecule has 0 amide bonds.